The molecule has 0 atom stereocenters. The van der Waals surface area contributed by atoms with E-state index in [2.05, 4.69) is 6.58 Å². The Bertz CT molecular complexity index is 767. The van der Waals surface area contributed by atoms with Crippen molar-refractivity contribution in [3.8, 4) is 0 Å². The van der Waals surface area contributed by atoms with Crippen molar-refractivity contribution in [3.05, 3.63) is 75.3 Å². The normalized spacial score (nSPS) is 10.7. The topological polar surface area (TPSA) is 30.2 Å². The van der Waals surface area contributed by atoms with E-state index in [0.717, 1.165) is 10.3 Å². The number of fused-ring (bicyclic) bond motifs is 1. The summed E-state index contributed by atoms with van der Waals surface area (Å²) < 4.78 is 5.30. The van der Waals surface area contributed by atoms with Crippen LogP contribution >= 0.6 is 11.3 Å². The van der Waals surface area contributed by atoms with Crippen LogP contribution in [-0.4, -0.2) is 0 Å². The van der Waals surface area contributed by atoms with E-state index in [4.69, 9.17) is 4.42 Å². The Kier molecular flexibility index (Phi) is 2.61. The molecular formula is C15H10O2S. The van der Waals surface area contributed by atoms with Gasteiger partial charge >= 0.3 is 5.63 Å². The summed E-state index contributed by atoms with van der Waals surface area (Å²) in [5.74, 6) is 0. The van der Waals surface area contributed by atoms with Crippen LogP contribution in [0.25, 0.3) is 16.5 Å². The second kappa shape index (κ2) is 4.27. The van der Waals surface area contributed by atoms with Crippen LogP contribution in [0.15, 0.2) is 63.6 Å². The van der Waals surface area contributed by atoms with E-state index >= 15 is 0 Å². The number of para-hydroxylation sites is 1. The molecule has 0 unspecified atom stereocenters. The predicted molar refractivity (Wildman–Crippen MR) is 74.9 cm³/mol. The molecule has 0 fully saturated rings. The number of hydrogen-bond donors (Lipinski definition) is 0. The molecule has 0 bridgehead atoms. The molecule has 0 spiro atoms. The van der Waals surface area contributed by atoms with Gasteiger partial charge in [0.25, 0.3) is 0 Å². The fourth-order valence-corrected chi connectivity index (χ4v) is 2.57. The van der Waals surface area contributed by atoms with E-state index in [0.29, 0.717) is 16.7 Å². The maximum absolute atomic E-state index is 11.9. The fraction of sp³-hybridized carbons (Fsp3) is 0. The summed E-state index contributed by atoms with van der Waals surface area (Å²) in [6.45, 7) is 3.99. The Morgan fingerprint density at radius 1 is 1.17 bits per heavy atom. The maximum Gasteiger partial charge on any atom is 0.344 e. The van der Waals surface area contributed by atoms with Crippen LogP contribution < -0.4 is 5.63 Å². The SMILES string of the molecule is C=C(c1cccs1)c1cc2ccccc2oc1=O. The second-order valence-electron chi connectivity index (χ2n) is 3.94. The highest BCUT2D eigenvalue weighted by atomic mass is 32.1. The van der Waals surface area contributed by atoms with Gasteiger partial charge in [-0.15, -0.1) is 11.3 Å². The molecule has 0 aliphatic rings. The van der Waals surface area contributed by atoms with E-state index in [1.165, 1.54) is 0 Å². The third-order valence-corrected chi connectivity index (χ3v) is 3.71. The first-order chi connectivity index (χ1) is 8.75. The molecule has 0 aliphatic heterocycles. The van der Waals surface area contributed by atoms with Crippen molar-refractivity contribution in [1.29, 1.82) is 0 Å². The van der Waals surface area contributed by atoms with Crippen LogP contribution in [0, 0.1) is 0 Å². The maximum atomic E-state index is 11.9. The predicted octanol–water partition coefficient (Wildman–Crippen LogP) is 3.92. The summed E-state index contributed by atoms with van der Waals surface area (Å²) >= 11 is 1.56. The number of rotatable bonds is 2. The molecule has 0 radical (unpaired) electrons. The molecule has 88 valence electrons. The van der Waals surface area contributed by atoms with E-state index in [9.17, 15) is 4.79 Å². The van der Waals surface area contributed by atoms with Gasteiger partial charge in [0, 0.05) is 10.3 Å². The largest absolute Gasteiger partial charge is 0.422 e. The zero-order valence-electron chi connectivity index (χ0n) is 9.55. The Balaban J connectivity index is 2.21. The molecule has 1 aromatic carbocycles. The summed E-state index contributed by atoms with van der Waals surface area (Å²) in [5, 5.41) is 2.87. The minimum absolute atomic E-state index is 0.341. The minimum Gasteiger partial charge on any atom is -0.422 e. The zero-order valence-corrected chi connectivity index (χ0v) is 10.4. The van der Waals surface area contributed by atoms with Crippen LogP contribution in [0.5, 0.6) is 0 Å². The molecule has 0 saturated heterocycles. The van der Waals surface area contributed by atoms with Gasteiger partial charge in [0.05, 0.1) is 5.56 Å². The average Bonchev–Trinajstić information content (AvgIpc) is 2.91. The second-order valence-corrected chi connectivity index (χ2v) is 4.89. The van der Waals surface area contributed by atoms with E-state index in [1.54, 1.807) is 17.4 Å². The average molecular weight is 254 g/mol. The first-order valence-electron chi connectivity index (χ1n) is 5.52. The molecule has 18 heavy (non-hydrogen) atoms. The Labute approximate surface area is 108 Å². The molecule has 0 aliphatic carbocycles. The Morgan fingerprint density at radius 2 is 2.00 bits per heavy atom. The van der Waals surface area contributed by atoms with Gasteiger partial charge < -0.3 is 4.42 Å². The Morgan fingerprint density at radius 3 is 2.78 bits per heavy atom. The van der Waals surface area contributed by atoms with Crippen LogP contribution in [0.4, 0.5) is 0 Å². The lowest BCUT2D eigenvalue weighted by Crippen LogP contribution is -2.05. The molecule has 3 rings (SSSR count). The van der Waals surface area contributed by atoms with Crippen molar-refractivity contribution in [2.75, 3.05) is 0 Å². The molecule has 2 nitrogen and oxygen atoms in total. The third-order valence-electron chi connectivity index (χ3n) is 2.79. The summed E-state index contributed by atoms with van der Waals surface area (Å²) in [5.41, 5.74) is 1.50. The molecule has 2 heterocycles. The summed E-state index contributed by atoms with van der Waals surface area (Å²) in [4.78, 5) is 12.9. The van der Waals surface area contributed by atoms with Crippen LogP contribution in [0.1, 0.15) is 10.4 Å². The lowest BCUT2D eigenvalue weighted by molar-refractivity contribution is 0.559. The van der Waals surface area contributed by atoms with Gasteiger partial charge in [0.15, 0.2) is 0 Å². The van der Waals surface area contributed by atoms with Gasteiger partial charge in [0.2, 0.25) is 0 Å². The highest BCUT2D eigenvalue weighted by molar-refractivity contribution is 7.11. The van der Waals surface area contributed by atoms with Crippen molar-refractivity contribution >= 4 is 27.9 Å². The molecule has 2 aromatic heterocycles. The monoisotopic (exact) mass is 254 g/mol. The van der Waals surface area contributed by atoms with Crippen molar-refractivity contribution < 1.29 is 4.42 Å². The molecular weight excluding hydrogens is 244 g/mol. The van der Waals surface area contributed by atoms with E-state index in [-0.39, 0.29) is 5.63 Å². The summed E-state index contributed by atoms with van der Waals surface area (Å²) in [6, 6.07) is 13.2. The molecule has 0 N–H and O–H groups in total. The first kappa shape index (κ1) is 11.0. The van der Waals surface area contributed by atoms with Crippen molar-refractivity contribution in [2.45, 2.75) is 0 Å². The van der Waals surface area contributed by atoms with Crippen LogP contribution in [0.3, 0.4) is 0 Å². The quantitative estimate of drug-likeness (QED) is 0.649. The van der Waals surface area contributed by atoms with Crippen molar-refractivity contribution in [3.63, 3.8) is 0 Å². The highest BCUT2D eigenvalue weighted by Gasteiger charge is 2.10. The lowest BCUT2D eigenvalue weighted by Gasteiger charge is -2.03. The molecule has 0 saturated carbocycles. The van der Waals surface area contributed by atoms with Gasteiger partial charge in [-0.05, 0) is 29.2 Å². The van der Waals surface area contributed by atoms with Crippen LogP contribution in [-0.2, 0) is 0 Å². The Hall–Kier alpha value is -2.13. The highest BCUT2D eigenvalue weighted by Crippen LogP contribution is 2.25. The third kappa shape index (κ3) is 1.79. The van der Waals surface area contributed by atoms with Crippen molar-refractivity contribution in [2.24, 2.45) is 0 Å². The molecule has 0 amide bonds. The number of thiophene rings is 1. The van der Waals surface area contributed by atoms with E-state index < -0.39 is 0 Å². The number of benzene rings is 1. The van der Waals surface area contributed by atoms with Gasteiger partial charge in [-0.25, -0.2) is 4.79 Å². The van der Waals surface area contributed by atoms with E-state index in [1.807, 2.05) is 41.8 Å². The smallest absolute Gasteiger partial charge is 0.344 e. The van der Waals surface area contributed by atoms with Gasteiger partial charge in [-0.1, -0.05) is 30.8 Å². The van der Waals surface area contributed by atoms with Gasteiger partial charge in [-0.2, -0.15) is 0 Å². The zero-order chi connectivity index (χ0) is 12.5. The standard InChI is InChI=1S/C15H10O2S/c1-10(14-7-4-8-18-14)12-9-11-5-2-3-6-13(11)17-15(12)16/h2-9H,1H2. The lowest BCUT2D eigenvalue weighted by atomic mass is 10.1. The fourth-order valence-electron chi connectivity index (χ4n) is 1.86. The minimum atomic E-state index is -0.341. The first-order valence-corrected chi connectivity index (χ1v) is 6.40. The summed E-state index contributed by atoms with van der Waals surface area (Å²) in [6.07, 6.45) is 0. The number of hydrogen-bond acceptors (Lipinski definition) is 3. The molecule has 3 aromatic rings. The van der Waals surface area contributed by atoms with Gasteiger partial charge in [-0.3, -0.25) is 0 Å². The van der Waals surface area contributed by atoms with Crippen molar-refractivity contribution in [1.82, 2.24) is 0 Å². The van der Waals surface area contributed by atoms with Crippen LogP contribution in [0.2, 0.25) is 0 Å². The molecule has 3 heteroatoms. The van der Waals surface area contributed by atoms with Gasteiger partial charge in [0.1, 0.15) is 5.58 Å². The summed E-state index contributed by atoms with van der Waals surface area (Å²) in [7, 11) is 0.